The third-order valence-corrected chi connectivity index (χ3v) is 1.95. The molecule has 0 bridgehead atoms. The number of hydrogen-bond donors (Lipinski definition) is 1. The number of primary amides is 1. The van der Waals surface area contributed by atoms with E-state index in [1.54, 1.807) is 0 Å². The summed E-state index contributed by atoms with van der Waals surface area (Å²) in [7, 11) is 0. The van der Waals surface area contributed by atoms with Crippen molar-refractivity contribution in [2.24, 2.45) is 5.73 Å². The first-order chi connectivity index (χ1) is 7.08. The number of amides is 1. The SMILES string of the molecule is Cl.Cl.Cl.NC(=O)c1cc2cc([N+](=O)[O-])ccc2o1. The van der Waals surface area contributed by atoms with Crippen molar-refractivity contribution in [2.45, 2.75) is 0 Å². The fraction of sp³-hybridized carbons (Fsp3) is 0. The molecule has 1 aromatic carbocycles. The van der Waals surface area contributed by atoms with Crippen molar-refractivity contribution in [3.05, 3.63) is 40.1 Å². The van der Waals surface area contributed by atoms with Gasteiger partial charge in [-0.1, -0.05) is 0 Å². The third-order valence-electron chi connectivity index (χ3n) is 1.95. The molecule has 0 fully saturated rings. The van der Waals surface area contributed by atoms with Crippen LogP contribution in [0.1, 0.15) is 10.6 Å². The predicted molar refractivity (Wildman–Crippen MR) is 73.1 cm³/mol. The smallest absolute Gasteiger partial charge is 0.284 e. The van der Waals surface area contributed by atoms with Crippen LogP contribution in [0.2, 0.25) is 0 Å². The van der Waals surface area contributed by atoms with E-state index in [1.807, 2.05) is 0 Å². The van der Waals surface area contributed by atoms with Crippen LogP contribution in [0.3, 0.4) is 0 Å². The second-order valence-electron chi connectivity index (χ2n) is 2.95. The van der Waals surface area contributed by atoms with Gasteiger partial charge in [0, 0.05) is 17.5 Å². The standard InChI is InChI=1S/C9H6N2O4.3ClH/c10-9(12)8-4-5-3-6(11(13)14)1-2-7(5)15-8;;;/h1-4H,(H2,10,12);3*1H. The van der Waals surface area contributed by atoms with Gasteiger partial charge >= 0.3 is 0 Å². The molecule has 9 heteroatoms. The van der Waals surface area contributed by atoms with Gasteiger partial charge in [-0.3, -0.25) is 14.9 Å². The second-order valence-corrected chi connectivity index (χ2v) is 2.95. The fourth-order valence-corrected chi connectivity index (χ4v) is 1.27. The lowest BCUT2D eigenvalue weighted by atomic mass is 10.2. The van der Waals surface area contributed by atoms with Gasteiger partial charge in [0.15, 0.2) is 5.76 Å². The van der Waals surface area contributed by atoms with Crippen LogP contribution < -0.4 is 5.73 Å². The summed E-state index contributed by atoms with van der Waals surface area (Å²) in [6, 6.07) is 5.44. The highest BCUT2D eigenvalue weighted by Gasteiger charge is 2.12. The molecule has 0 spiro atoms. The summed E-state index contributed by atoms with van der Waals surface area (Å²) < 4.78 is 5.07. The molecule has 18 heavy (non-hydrogen) atoms. The number of carbonyl (C=O) groups is 1. The largest absolute Gasteiger partial charge is 0.451 e. The number of nitrogens with zero attached hydrogens (tertiary/aromatic N) is 1. The molecule has 0 unspecified atom stereocenters. The maximum Gasteiger partial charge on any atom is 0.284 e. The molecule has 2 aromatic rings. The Bertz CT molecular complexity index is 558. The van der Waals surface area contributed by atoms with E-state index in [1.165, 1.54) is 24.3 Å². The molecular weight excluding hydrogens is 306 g/mol. The molecule has 6 nitrogen and oxygen atoms in total. The van der Waals surface area contributed by atoms with Crippen molar-refractivity contribution >= 4 is 59.8 Å². The van der Waals surface area contributed by atoms with Crippen molar-refractivity contribution in [3.63, 3.8) is 0 Å². The van der Waals surface area contributed by atoms with E-state index in [4.69, 9.17) is 10.2 Å². The highest BCUT2D eigenvalue weighted by molar-refractivity contribution is 5.95. The van der Waals surface area contributed by atoms with Crippen LogP contribution in [0, 0.1) is 10.1 Å². The molecule has 0 aliphatic heterocycles. The first-order valence-corrected chi connectivity index (χ1v) is 4.06. The molecule has 1 heterocycles. The van der Waals surface area contributed by atoms with Crippen molar-refractivity contribution in [2.75, 3.05) is 0 Å². The zero-order valence-corrected chi connectivity index (χ0v) is 11.1. The Hall–Kier alpha value is -1.50. The first-order valence-electron chi connectivity index (χ1n) is 4.06. The molecule has 0 saturated heterocycles. The minimum atomic E-state index is -0.700. The van der Waals surface area contributed by atoms with Gasteiger partial charge in [-0.25, -0.2) is 0 Å². The number of hydrogen-bond acceptors (Lipinski definition) is 4. The van der Waals surface area contributed by atoms with Crippen LogP contribution in [-0.4, -0.2) is 10.8 Å². The van der Waals surface area contributed by atoms with Crippen LogP contribution in [0.15, 0.2) is 28.7 Å². The molecule has 1 aromatic heterocycles. The number of nitrogens with two attached hydrogens (primary N) is 1. The number of halogens is 3. The van der Waals surface area contributed by atoms with Gasteiger partial charge < -0.3 is 10.2 Å². The molecule has 2 N–H and O–H groups in total. The number of nitro groups is 1. The zero-order chi connectivity index (χ0) is 11.0. The minimum absolute atomic E-state index is 0. The van der Waals surface area contributed by atoms with E-state index in [9.17, 15) is 14.9 Å². The topological polar surface area (TPSA) is 99.4 Å². The highest BCUT2D eigenvalue weighted by Crippen LogP contribution is 2.23. The normalized spacial score (nSPS) is 8.67. The molecule has 0 saturated carbocycles. The van der Waals surface area contributed by atoms with E-state index in [2.05, 4.69) is 0 Å². The van der Waals surface area contributed by atoms with Crippen molar-refractivity contribution < 1.29 is 14.1 Å². The lowest BCUT2D eigenvalue weighted by Crippen LogP contribution is -2.08. The van der Waals surface area contributed by atoms with Crippen LogP contribution in [0.4, 0.5) is 5.69 Å². The Labute approximate surface area is 120 Å². The summed E-state index contributed by atoms with van der Waals surface area (Å²) in [5.41, 5.74) is 5.35. The Morgan fingerprint density at radius 2 is 1.83 bits per heavy atom. The lowest BCUT2D eigenvalue weighted by molar-refractivity contribution is -0.384. The highest BCUT2D eigenvalue weighted by atomic mass is 35.5. The number of nitro benzene ring substituents is 1. The number of furan rings is 1. The summed E-state index contributed by atoms with van der Waals surface area (Å²) in [6.07, 6.45) is 0. The molecule has 1 amide bonds. The quantitative estimate of drug-likeness (QED) is 0.680. The second kappa shape index (κ2) is 7.05. The first kappa shape index (κ1) is 18.9. The van der Waals surface area contributed by atoms with Crippen molar-refractivity contribution in [1.29, 1.82) is 0 Å². The molecule has 2 rings (SSSR count). The van der Waals surface area contributed by atoms with Gasteiger partial charge in [0.05, 0.1) is 4.92 Å². The summed E-state index contributed by atoms with van der Waals surface area (Å²) in [5, 5.41) is 11.0. The van der Waals surface area contributed by atoms with Gasteiger partial charge in [0.1, 0.15) is 5.58 Å². The molecule has 0 aliphatic carbocycles. The number of non-ortho nitro benzene ring substituents is 1. The monoisotopic (exact) mass is 314 g/mol. The fourth-order valence-electron chi connectivity index (χ4n) is 1.27. The zero-order valence-electron chi connectivity index (χ0n) is 8.69. The molecule has 0 aliphatic rings. The van der Waals surface area contributed by atoms with Gasteiger partial charge in [0.25, 0.3) is 11.6 Å². The molecular formula is C9H9Cl3N2O4. The van der Waals surface area contributed by atoms with Crippen molar-refractivity contribution in [1.82, 2.24) is 0 Å². The maximum atomic E-state index is 10.8. The summed E-state index contributed by atoms with van der Waals surface area (Å²) in [4.78, 5) is 20.7. The minimum Gasteiger partial charge on any atom is -0.451 e. The Morgan fingerprint density at radius 3 is 2.33 bits per heavy atom. The van der Waals surface area contributed by atoms with Crippen LogP contribution in [-0.2, 0) is 0 Å². The average molecular weight is 316 g/mol. The third kappa shape index (κ3) is 3.49. The summed E-state index contributed by atoms with van der Waals surface area (Å²) in [6.45, 7) is 0. The van der Waals surface area contributed by atoms with Gasteiger partial charge in [0.2, 0.25) is 0 Å². The number of fused-ring (bicyclic) bond motifs is 1. The number of benzene rings is 1. The van der Waals surface area contributed by atoms with E-state index < -0.39 is 10.8 Å². The number of rotatable bonds is 2. The van der Waals surface area contributed by atoms with Gasteiger partial charge in [-0.2, -0.15) is 0 Å². The Kier molecular flexibility index (Phi) is 7.38. The molecule has 0 atom stereocenters. The van der Waals surface area contributed by atoms with E-state index in [0.717, 1.165) is 0 Å². The number of carbonyl (C=O) groups excluding carboxylic acids is 1. The summed E-state index contributed by atoms with van der Waals surface area (Å²) >= 11 is 0. The Balaban J connectivity index is 0. The van der Waals surface area contributed by atoms with Crippen LogP contribution >= 0.6 is 37.2 Å². The van der Waals surface area contributed by atoms with E-state index in [-0.39, 0.29) is 48.7 Å². The molecule has 100 valence electrons. The Morgan fingerprint density at radius 1 is 1.22 bits per heavy atom. The van der Waals surface area contributed by atoms with E-state index in [0.29, 0.717) is 11.0 Å². The van der Waals surface area contributed by atoms with Crippen molar-refractivity contribution in [3.8, 4) is 0 Å². The average Bonchev–Trinajstić information content (AvgIpc) is 2.59. The predicted octanol–water partition coefficient (Wildman–Crippen LogP) is 2.71. The lowest BCUT2D eigenvalue weighted by Gasteiger charge is -1.89. The molecule has 0 radical (unpaired) electrons. The van der Waals surface area contributed by atoms with Gasteiger partial charge in [-0.15, -0.1) is 37.2 Å². The van der Waals surface area contributed by atoms with Crippen LogP contribution in [0.25, 0.3) is 11.0 Å². The van der Waals surface area contributed by atoms with E-state index >= 15 is 0 Å². The van der Waals surface area contributed by atoms with Gasteiger partial charge in [-0.05, 0) is 12.1 Å². The summed E-state index contributed by atoms with van der Waals surface area (Å²) in [5.74, 6) is -0.709. The van der Waals surface area contributed by atoms with Crippen LogP contribution in [0.5, 0.6) is 0 Å². The maximum absolute atomic E-state index is 10.8.